The zero-order chi connectivity index (χ0) is 26.2. The first-order valence-corrected chi connectivity index (χ1v) is 12.0. The molecule has 0 spiro atoms. The molecule has 2 amide bonds. The van der Waals surface area contributed by atoms with Crippen molar-refractivity contribution in [3.05, 3.63) is 82.5 Å². The smallest absolute Gasteiger partial charge is 0.282 e. The standard InChI is InChI=1S/C27H23ClF2N4O3/c28-22-8-7-20(17-3-5-18(6-4-17)26(36)34-14-27(29,30)15-34)21-11-19(37-25(21)22)13-33-24(35)10-2-16-1-9-23(31)32-12-16/h1-10,12,19H,11,13-15H2,(H2,31,32)(H,33,35). The first-order valence-electron chi connectivity index (χ1n) is 11.6. The van der Waals surface area contributed by atoms with Gasteiger partial charge in [0.1, 0.15) is 17.7 Å². The third kappa shape index (κ3) is 5.41. The Balaban J connectivity index is 1.23. The minimum Gasteiger partial charge on any atom is -0.486 e. The number of hydrogen-bond donors (Lipinski definition) is 2. The Bertz CT molecular complexity index is 1370. The fourth-order valence-corrected chi connectivity index (χ4v) is 4.56. The lowest BCUT2D eigenvalue weighted by atomic mass is 9.95. The maximum atomic E-state index is 13.1. The van der Waals surface area contributed by atoms with Crippen molar-refractivity contribution in [3.8, 4) is 16.9 Å². The minimum atomic E-state index is -2.81. The summed E-state index contributed by atoms with van der Waals surface area (Å²) in [4.78, 5) is 29.8. The fraction of sp³-hybridized carbons (Fsp3) is 0.222. The lowest BCUT2D eigenvalue weighted by Crippen LogP contribution is -2.58. The molecule has 1 saturated heterocycles. The molecule has 0 bridgehead atoms. The van der Waals surface area contributed by atoms with E-state index in [1.54, 1.807) is 54.7 Å². The zero-order valence-corrected chi connectivity index (χ0v) is 20.3. The Morgan fingerprint density at radius 1 is 1.16 bits per heavy atom. The predicted octanol–water partition coefficient (Wildman–Crippen LogP) is 4.21. The number of hydrogen-bond acceptors (Lipinski definition) is 5. The summed E-state index contributed by atoms with van der Waals surface area (Å²) in [5.74, 6) is -2.53. The second kappa shape index (κ2) is 9.82. The Kier molecular flexibility index (Phi) is 6.55. The van der Waals surface area contributed by atoms with Gasteiger partial charge in [0.25, 0.3) is 11.8 Å². The number of benzene rings is 2. The molecule has 2 aliphatic heterocycles. The number of carbonyl (C=O) groups excluding carboxylic acids is 2. The number of nitrogens with one attached hydrogen (secondary N) is 1. The monoisotopic (exact) mass is 524 g/mol. The number of alkyl halides is 2. The van der Waals surface area contributed by atoms with Crippen LogP contribution < -0.4 is 15.8 Å². The Morgan fingerprint density at radius 3 is 2.59 bits per heavy atom. The molecule has 0 radical (unpaired) electrons. The van der Waals surface area contributed by atoms with E-state index in [1.165, 1.54) is 6.08 Å². The maximum Gasteiger partial charge on any atom is 0.282 e. The predicted molar refractivity (Wildman–Crippen MR) is 137 cm³/mol. The van der Waals surface area contributed by atoms with Gasteiger partial charge in [-0.25, -0.2) is 13.8 Å². The van der Waals surface area contributed by atoms with Crippen molar-refractivity contribution in [2.75, 3.05) is 25.4 Å². The number of likely N-dealkylation sites (tertiary alicyclic amines) is 1. The summed E-state index contributed by atoms with van der Waals surface area (Å²) in [6.07, 6.45) is 4.85. The van der Waals surface area contributed by atoms with Crippen LogP contribution in [0.4, 0.5) is 14.6 Å². The van der Waals surface area contributed by atoms with E-state index in [2.05, 4.69) is 10.3 Å². The molecule has 1 atom stereocenters. The van der Waals surface area contributed by atoms with Crippen molar-refractivity contribution in [3.63, 3.8) is 0 Å². The van der Waals surface area contributed by atoms with Crippen LogP contribution in [0.3, 0.4) is 0 Å². The molecule has 190 valence electrons. The highest BCUT2D eigenvalue weighted by molar-refractivity contribution is 6.32. The summed E-state index contributed by atoms with van der Waals surface area (Å²) in [6.45, 7) is -0.828. The number of ether oxygens (including phenoxy) is 1. The number of rotatable bonds is 6. The van der Waals surface area contributed by atoms with Crippen molar-refractivity contribution in [2.45, 2.75) is 18.4 Å². The Labute approximate surface area is 216 Å². The van der Waals surface area contributed by atoms with Gasteiger partial charge >= 0.3 is 0 Å². The van der Waals surface area contributed by atoms with Gasteiger partial charge in [-0.2, -0.15) is 0 Å². The molecular weight excluding hydrogens is 502 g/mol. The molecule has 3 heterocycles. The molecule has 1 fully saturated rings. The van der Waals surface area contributed by atoms with E-state index in [1.807, 2.05) is 6.07 Å². The molecule has 37 heavy (non-hydrogen) atoms. The number of pyridine rings is 1. The number of halogens is 3. The molecule has 2 aliphatic rings. The van der Waals surface area contributed by atoms with Gasteiger partial charge in [-0.15, -0.1) is 0 Å². The molecule has 1 aromatic heterocycles. The SMILES string of the molecule is Nc1ccc(C=CC(=O)NCC2Cc3c(-c4ccc(C(=O)N5CC(F)(F)C5)cc4)ccc(Cl)c3O2)cn1. The summed E-state index contributed by atoms with van der Waals surface area (Å²) in [5.41, 5.74) is 9.29. The molecule has 0 saturated carbocycles. The number of anilines is 1. The van der Waals surface area contributed by atoms with E-state index < -0.39 is 24.9 Å². The summed E-state index contributed by atoms with van der Waals surface area (Å²) < 4.78 is 32.3. The van der Waals surface area contributed by atoms with Gasteiger partial charge in [0.15, 0.2) is 0 Å². The normalized spacial score (nSPS) is 17.7. The summed E-state index contributed by atoms with van der Waals surface area (Å²) in [6, 6.07) is 13.8. The minimum absolute atomic E-state index is 0.275. The second-order valence-corrected chi connectivity index (χ2v) is 9.44. The number of carbonyl (C=O) groups is 2. The summed E-state index contributed by atoms with van der Waals surface area (Å²) >= 11 is 6.38. The van der Waals surface area contributed by atoms with E-state index in [0.29, 0.717) is 28.6 Å². The van der Waals surface area contributed by atoms with Crippen LogP contribution in [0.2, 0.25) is 5.02 Å². The highest BCUT2D eigenvalue weighted by Gasteiger charge is 2.46. The molecule has 2 aromatic carbocycles. The van der Waals surface area contributed by atoms with Crippen molar-refractivity contribution < 1.29 is 23.1 Å². The van der Waals surface area contributed by atoms with E-state index in [4.69, 9.17) is 22.1 Å². The van der Waals surface area contributed by atoms with Crippen LogP contribution in [0.25, 0.3) is 17.2 Å². The van der Waals surface area contributed by atoms with Gasteiger partial charge in [0.05, 0.1) is 24.7 Å². The first kappa shape index (κ1) is 24.7. The van der Waals surface area contributed by atoms with Gasteiger partial charge in [0.2, 0.25) is 5.91 Å². The van der Waals surface area contributed by atoms with Crippen LogP contribution in [0.15, 0.2) is 60.8 Å². The average Bonchev–Trinajstić information content (AvgIpc) is 3.31. The Hall–Kier alpha value is -3.98. The van der Waals surface area contributed by atoms with Crippen LogP contribution in [0, 0.1) is 0 Å². The molecule has 7 nitrogen and oxygen atoms in total. The van der Waals surface area contributed by atoms with Gasteiger partial charge in [0, 0.05) is 29.8 Å². The van der Waals surface area contributed by atoms with Gasteiger partial charge in [-0.05, 0) is 53.1 Å². The molecular formula is C27H23ClF2N4O3. The average molecular weight is 525 g/mol. The lowest BCUT2D eigenvalue weighted by Gasteiger charge is -2.38. The summed E-state index contributed by atoms with van der Waals surface area (Å²) in [7, 11) is 0. The fourth-order valence-electron chi connectivity index (χ4n) is 4.34. The second-order valence-electron chi connectivity index (χ2n) is 9.04. The van der Waals surface area contributed by atoms with E-state index in [0.717, 1.165) is 27.2 Å². The summed E-state index contributed by atoms with van der Waals surface area (Å²) in [5, 5.41) is 3.30. The van der Waals surface area contributed by atoms with E-state index in [-0.39, 0.29) is 18.6 Å². The number of fused-ring (bicyclic) bond motifs is 1. The highest BCUT2D eigenvalue weighted by Crippen LogP contribution is 2.42. The lowest BCUT2D eigenvalue weighted by molar-refractivity contribution is -0.116. The molecule has 5 rings (SSSR count). The molecule has 10 heteroatoms. The van der Waals surface area contributed by atoms with Crippen LogP contribution >= 0.6 is 11.6 Å². The molecule has 0 aliphatic carbocycles. The molecule has 3 aromatic rings. The third-order valence-corrected chi connectivity index (χ3v) is 6.54. The van der Waals surface area contributed by atoms with Crippen molar-refractivity contribution in [2.24, 2.45) is 0 Å². The van der Waals surface area contributed by atoms with E-state index >= 15 is 0 Å². The Morgan fingerprint density at radius 2 is 1.92 bits per heavy atom. The van der Waals surface area contributed by atoms with E-state index in [9.17, 15) is 18.4 Å². The quantitative estimate of drug-likeness (QED) is 0.471. The largest absolute Gasteiger partial charge is 0.486 e. The molecule has 1 unspecified atom stereocenters. The highest BCUT2D eigenvalue weighted by atomic mass is 35.5. The number of aromatic nitrogens is 1. The first-order chi connectivity index (χ1) is 17.7. The number of amides is 2. The third-order valence-electron chi connectivity index (χ3n) is 6.24. The number of nitrogens with zero attached hydrogens (tertiary/aromatic N) is 2. The zero-order valence-electron chi connectivity index (χ0n) is 19.6. The van der Waals surface area contributed by atoms with Gasteiger partial charge in [-0.3, -0.25) is 9.59 Å². The van der Waals surface area contributed by atoms with Crippen LogP contribution in [0.5, 0.6) is 5.75 Å². The van der Waals surface area contributed by atoms with Crippen molar-refractivity contribution in [1.82, 2.24) is 15.2 Å². The van der Waals surface area contributed by atoms with Gasteiger partial charge < -0.3 is 20.7 Å². The van der Waals surface area contributed by atoms with Crippen molar-refractivity contribution >= 4 is 35.3 Å². The van der Waals surface area contributed by atoms with Crippen LogP contribution in [-0.2, 0) is 11.2 Å². The molecule has 3 N–H and O–H groups in total. The van der Waals surface area contributed by atoms with Gasteiger partial charge in [-0.1, -0.05) is 29.8 Å². The van der Waals surface area contributed by atoms with Crippen LogP contribution in [-0.4, -0.2) is 53.4 Å². The number of nitrogen functional groups attached to an aromatic ring is 1. The van der Waals surface area contributed by atoms with Crippen molar-refractivity contribution in [1.29, 1.82) is 0 Å². The van der Waals surface area contributed by atoms with Crippen LogP contribution in [0.1, 0.15) is 21.5 Å². The topological polar surface area (TPSA) is 97.5 Å². The maximum absolute atomic E-state index is 13.1. The number of nitrogens with two attached hydrogens (primary N) is 1.